The first-order valence-corrected chi connectivity index (χ1v) is 5.56. The zero-order valence-corrected chi connectivity index (χ0v) is 10.9. The third-order valence-corrected chi connectivity index (χ3v) is 2.57. The summed E-state index contributed by atoms with van der Waals surface area (Å²) in [5, 5.41) is 0.739. The van der Waals surface area contributed by atoms with Gasteiger partial charge in [-0.25, -0.2) is 4.98 Å². The van der Waals surface area contributed by atoms with E-state index in [2.05, 4.69) is 4.98 Å². The number of nitrogens with two attached hydrogens (primary N) is 1. The van der Waals surface area contributed by atoms with Gasteiger partial charge in [0.05, 0.1) is 19.7 Å². The molecular formula is C13H14N2O4. The Hall–Kier alpha value is -2.50. The molecule has 0 saturated heterocycles. The molecular weight excluding hydrogens is 248 g/mol. The molecule has 6 heteroatoms. The fourth-order valence-electron chi connectivity index (χ4n) is 1.73. The molecule has 0 bridgehead atoms. The van der Waals surface area contributed by atoms with E-state index in [9.17, 15) is 4.79 Å². The molecule has 0 unspecified atom stereocenters. The normalized spacial score (nSPS) is 10.3. The number of aromatic nitrogens is 1. The van der Waals surface area contributed by atoms with Gasteiger partial charge in [-0.15, -0.1) is 0 Å². The first-order chi connectivity index (χ1) is 9.05. The second kappa shape index (κ2) is 5.01. The average Bonchev–Trinajstić information content (AvgIpc) is 2.37. The lowest BCUT2D eigenvalue weighted by molar-refractivity contribution is -0.131. The van der Waals surface area contributed by atoms with Crippen molar-refractivity contribution in [3.05, 3.63) is 18.2 Å². The first-order valence-electron chi connectivity index (χ1n) is 5.56. The molecule has 0 aliphatic heterocycles. The van der Waals surface area contributed by atoms with Crippen LogP contribution in [0.4, 0.5) is 5.82 Å². The summed E-state index contributed by atoms with van der Waals surface area (Å²) in [4.78, 5) is 15.2. The van der Waals surface area contributed by atoms with Crippen molar-refractivity contribution in [3.63, 3.8) is 0 Å². The third kappa shape index (κ3) is 2.52. The van der Waals surface area contributed by atoms with Gasteiger partial charge in [0.15, 0.2) is 23.1 Å². The molecule has 19 heavy (non-hydrogen) atoms. The fourth-order valence-corrected chi connectivity index (χ4v) is 1.73. The summed E-state index contributed by atoms with van der Waals surface area (Å²) in [6.07, 6.45) is 0. The van der Waals surface area contributed by atoms with E-state index in [0.717, 1.165) is 5.39 Å². The second-order valence-electron chi connectivity index (χ2n) is 3.87. The van der Waals surface area contributed by atoms with E-state index in [4.69, 9.17) is 19.9 Å². The fraction of sp³-hybridized carbons (Fsp3) is 0.231. The number of rotatable bonds is 3. The number of pyridine rings is 1. The standard InChI is InChI=1S/C13H14N2O4/c1-7(16)19-12-5-8-4-10(17-2)11(18-3)6-9(8)15-13(12)14/h4-6H,1-3H3,(H2,14,15). The van der Waals surface area contributed by atoms with E-state index in [-0.39, 0.29) is 11.6 Å². The number of nitrogens with zero attached hydrogens (tertiary/aromatic N) is 1. The number of nitrogen functional groups attached to an aromatic ring is 1. The van der Waals surface area contributed by atoms with Crippen LogP contribution in [-0.4, -0.2) is 25.2 Å². The third-order valence-electron chi connectivity index (χ3n) is 2.57. The molecule has 0 aliphatic carbocycles. The van der Waals surface area contributed by atoms with E-state index in [0.29, 0.717) is 17.0 Å². The molecule has 0 radical (unpaired) electrons. The van der Waals surface area contributed by atoms with Crippen molar-refractivity contribution in [1.29, 1.82) is 0 Å². The number of esters is 1. The highest BCUT2D eigenvalue weighted by molar-refractivity contribution is 5.87. The molecule has 0 atom stereocenters. The SMILES string of the molecule is COc1cc2cc(OC(C)=O)c(N)nc2cc1OC. The lowest BCUT2D eigenvalue weighted by Gasteiger charge is -2.10. The van der Waals surface area contributed by atoms with Crippen LogP contribution in [0.2, 0.25) is 0 Å². The van der Waals surface area contributed by atoms with Crippen LogP contribution in [0.25, 0.3) is 10.9 Å². The van der Waals surface area contributed by atoms with E-state index >= 15 is 0 Å². The molecule has 2 N–H and O–H groups in total. The topological polar surface area (TPSA) is 83.7 Å². The van der Waals surface area contributed by atoms with Crippen LogP contribution in [0.5, 0.6) is 17.2 Å². The summed E-state index contributed by atoms with van der Waals surface area (Å²) in [7, 11) is 3.08. The number of fused-ring (bicyclic) bond motifs is 1. The predicted octanol–water partition coefficient (Wildman–Crippen LogP) is 1.76. The van der Waals surface area contributed by atoms with Gasteiger partial charge in [-0.2, -0.15) is 0 Å². The lowest BCUT2D eigenvalue weighted by Crippen LogP contribution is -2.05. The number of hydrogen-bond acceptors (Lipinski definition) is 6. The van der Waals surface area contributed by atoms with Crippen LogP contribution >= 0.6 is 0 Å². The largest absolute Gasteiger partial charge is 0.493 e. The van der Waals surface area contributed by atoms with Crippen LogP contribution in [0, 0.1) is 0 Å². The van der Waals surface area contributed by atoms with Crippen molar-refractivity contribution >= 4 is 22.7 Å². The van der Waals surface area contributed by atoms with Gasteiger partial charge in [-0.05, 0) is 12.1 Å². The smallest absolute Gasteiger partial charge is 0.308 e. The second-order valence-corrected chi connectivity index (χ2v) is 3.87. The minimum absolute atomic E-state index is 0.148. The zero-order chi connectivity index (χ0) is 14.0. The van der Waals surface area contributed by atoms with Crippen molar-refractivity contribution in [2.24, 2.45) is 0 Å². The average molecular weight is 262 g/mol. The maximum atomic E-state index is 11.0. The molecule has 0 spiro atoms. The van der Waals surface area contributed by atoms with E-state index in [1.54, 1.807) is 32.4 Å². The zero-order valence-electron chi connectivity index (χ0n) is 10.9. The quantitative estimate of drug-likeness (QED) is 0.848. The molecule has 100 valence electrons. The lowest BCUT2D eigenvalue weighted by atomic mass is 10.2. The molecule has 1 aromatic carbocycles. The van der Waals surface area contributed by atoms with Gasteiger partial charge >= 0.3 is 5.97 Å². The highest BCUT2D eigenvalue weighted by Gasteiger charge is 2.11. The summed E-state index contributed by atoms with van der Waals surface area (Å²) in [6.45, 7) is 1.30. The summed E-state index contributed by atoms with van der Waals surface area (Å²) in [5.41, 5.74) is 6.37. The molecule has 1 aromatic heterocycles. The maximum absolute atomic E-state index is 11.0. The van der Waals surface area contributed by atoms with Crippen LogP contribution in [0.15, 0.2) is 18.2 Å². The van der Waals surface area contributed by atoms with Gasteiger partial charge in [0.25, 0.3) is 0 Å². The minimum Gasteiger partial charge on any atom is -0.493 e. The maximum Gasteiger partial charge on any atom is 0.308 e. The summed E-state index contributed by atoms with van der Waals surface area (Å²) >= 11 is 0. The number of carbonyl (C=O) groups is 1. The van der Waals surface area contributed by atoms with Gasteiger partial charge in [-0.3, -0.25) is 4.79 Å². The summed E-state index contributed by atoms with van der Waals surface area (Å²) < 4.78 is 15.4. The monoisotopic (exact) mass is 262 g/mol. The van der Waals surface area contributed by atoms with Gasteiger partial charge in [0.2, 0.25) is 0 Å². The number of benzene rings is 1. The molecule has 0 saturated carbocycles. The summed E-state index contributed by atoms with van der Waals surface area (Å²) in [5.74, 6) is 1.05. The van der Waals surface area contributed by atoms with Crippen LogP contribution in [-0.2, 0) is 4.79 Å². The molecule has 0 amide bonds. The van der Waals surface area contributed by atoms with Crippen molar-refractivity contribution in [2.75, 3.05) is 20.0 Å². The first kappa shape index (κ1) is 12.9. The van der Waals surface area contributed by atoms with Crippen molar-refractivity contribution in [3.8, 4) is 17.2 Å². The van der Waals surface area contributed by atoms with E-state index in [1.165, 1.54) is 6.92 Å². The number of anilines is 1. The Morgan fingerprint density at radius 2 is 1.68 bits per heavy atom. The number of methoxy groups -OCH3 is 2. The van der Waals surface area contributed by atoms with Gasteiger partial charge < -0.3 is 19.9 Å². The van der Waals surface area contributed by atoms with Crippen LogP contribution < -0.4 is 19.9 Å². The molecule has 6 nitrogen and oxygen atoms in total. The van der Waals surface area contributed by atoms with Crippen molar-refractivity contribution in [1.82, 2.24) is 4.98 Å². The van der Waals surface area contributed by atoms with Crippen molar-refractivity contribution in [2.45, 2.75) is 6.92 Å². The Morgan fingerprint density at radius 1 is 1.11 bits per heavy atom. The van der Waals surface area contributed by atoms with Crippen LogP contribution in [0.3, 0.4) is 0 Å². The highest BCUT2D eigenvalue weighted by atomic mass is 16.5. The Bertz CT molecular complexity index is 640. The highest BCUT2D eigenvalue weighted by Crippen LogP contribution is 2.34. The van der Waals surface area contributed by atoms with E-state index in [1.807, 2.05) is 0 Å². The Kier molecular flexibility index (Phi) is 3.41. The molecule has 0 aliphatic rings. The molecule has 0 fully saturated rings. The van der Waals surface area contributed by atoms with Gasteiger partial charge in [0.1, 0.15) is 0 Å². The van der Waals surface area contributed by atoms with Crippen LogP contribution in [0.1, 0.15) is 6.92 Å². The van der Waals surface area contributed by atoms with Crippen molar-refractivity contribution < 1.29 is 19.0 Å². The predicted molar refractivity (Wildman–Crippen MR) is 70.6 cm³/mol. The van der Waals surface area contributed by atoms with Gasteiger partial charge in [0, 0.05) is 18.4 Å². The Morgan fingerprint density at radius 3 is 2.26 bits per heavy atom. The molecule has 2 rings (SSSR count). The number of ether oxygens (including phenoxy) is 3. The van der Waals surface area contributed by atoms with Gasteiger partial charge in [-0.1, -0.05) is 0 Å². The number of hydrogen-bond donors (Lipinski definition) is 1. The minimum atomic E-state index is -0.451. The van der Waals surface area contributed by atoms with E-state index < -0.39 is 5.97 Å². The summed E-state index contributed by atoms with van der Waals surface area (Å²) in [6, 6.07) is 5.09. The molecule has 2 aromatic rings. The Labute approximate surface area is 110 Å². The number of carbonyl (C=O) groups excluding carboxylic acids is 1. The molecule has 1 heterocycles. The Balaban J connectivity index is 2.61.